The first-order valence-electron chi connectivity index (χ1n) is 5.61. The Hall–Kier alpha value is -1.69. The van der Waals surface area contributed by atoms with Gasteiger partial charge in [0.1, 0.15) is 5.00 Å². The molecule has 0 saturated heterocycles. The van der Waals surface area contributed by atoms with Crippen LogP contribution in [-0.4, -0.2) is 17.5 Å². The molecule has 0 aromatic carbocycles. The van der Waals surface area contributed by atoms with Crippen molar-refractivity contribution in [2.75, 3.05) is 5.32 Å². The van der Waals surface area contributed by atoms with Gasteiger partial charge in [0.15, 0.2) is 0 Å². The lowest BCUT2D eigenvalue weighted by molar-refractivity contribution is -0.118. The molecule has 1 rings (SSSR count). The summed E-state index contributed by atoms with van der Waals surface area (Å²) in [5.41, 5.74) is 3.62. The fourth-order valence-electron chi connectivity index (χ4n) is 1.06. The van der Waals surface area contributed by atoms with E-state index < -0.39 is 0 Å². The molecule has 0 radical (unpaired) electrons. The van der Waals surface area contributed by atoms with Crippen molar-refractivity contribution in [3.8, 4) is 0 Å². The molecule has 1 heterocycles. The van der Waals surface area contributed by atoms with Crippen molar-refractivity contribution in [3.05, 3.63) is 17.0 Å². The second kappa shape index (κ2) is 6.30. The Morgan fingerprint density at radius 2 is 2.00 bits per heavy atom. The van der Waals surface area contributed by atoms with E-state index in [0.29, 0.717) is 10.6 Å². The molecule has 18 heavy (non-hydrogen) atoms. The predicted octanol–water partition coefficient (Wildman–Crippen LogP) is 2.47. The van der Waals surface area contributed by atoms with E-state index in [1.807, 2.05) is 0 Å². The molecule has 0 unspecified atom stereocenters. The van der Waals surface area contributed by atoms with Crippen LogP contribution >= 0.6 is 11.3 Å². The normalized spacial score (nSPS) is 10.1. The van der Waals surface area contributed by atoms with Crippen LogP contribution in [-0.2, 0) is 4.79 Å². The van der Waals surface area contributed by atoms with Gasteiger partial charge in [-0.15, -0.1) is 11.3 Å². The van der Waals surface area contributed by atoms with Crippen LogP contribution in [0.4, 0.5) is 5.00 Å². The molecule has 0 aliphatic carbocycles. The summed E-state index contributed by atoms with van der Waals surface area (Å²) >= 11 is 1.32. The lowest BCUT2D eigenvalue weighted by Gasteiger charge is -2.07. The molecule has 6 heteroatoms. The fraction of sp³-hybridized carbons (Fsp3) is 0.417. The number of anilines is 1. The van der Waals surface area contributed by atoms with Crippen molar-refractivity contribution in [1.82, 2.24) is 5.43 Å². The molecule has 2 amide bonds. The first-order chi connectivity index (χ1) is 8.41. The maximum Gasteiger partial charge on any atom is 0.274 e. The molecule has 0 atom stereocenters. The average molecular weight is 267 g/mol. The van der Waals surface area contributed by atoms with Crippen molar-refractivity contribution < 1.29 is 9.59 Å². The van der Waals surface area contributed by atoms with Gasteiger partial charge in [0.05, 0.1) is 5.56 Å². The standard InChI is InChI=1S/C12H17N3O2S/c1-7(2)10(16)13-12-9(5-6-18-12)11(17)15-14-8(3)4/h5-7H,1-4H3,(H,13,16)(H,15,17). The van der Waals surface area contributed by atoms with E-state index in [-0.39, 0.29) is 17.7 Å². The van der Waals surface area contributed by atoms with Gasteiger partial charge in [-0.1, -0.05) is 13.8 Å². The fourth-order valence-corrected chi connectivity index (χ4v) is 1.85. The van der Waals surface area contributed by atoms with E-state index in [1.165, 1.54) is 11.3 Å². The average Bonchev–Trinajstić information content (AvgIpc) is 2.73. The number of hydrazone groups is 1. The lowest BCUT2D eigenvalue weighted by Crippen LogP contribution is -2.22. The van der Waals surface area contributed by atoms with E-state index in [9.17, 15) is 9.59 Å². The smallest absolute Gasteiger partial charge is 0.274 e. The van der Waals surface area contributed by atoms with Gasteiger partial charge in [0.25, 0.3) is 5.91 Å². The molecule has 0 saturated carbocycles. The third-order valence-electron chi connectivity index (χ3n) is 2.05. The zero-order valence-corrected chi connectivity index (χ0v) is 11.7. The molecule has 0 bridgehead atoms. The summed E-state index contributed by atoms with van der Waals surface area (Å²) in [7, 11) is 0. The van der Waals surface area contributed by atoms with Gasteiger partial charge in [-0.05, 0) is 25.3 Å². The van der Waals surface area contributed by atoms with Gasteiger partial charge in [-0.3, -0.25) is 9.59 Å². The molecule has 2 N–H and O–H groups in total. The maximum absolute atomic E-state index is 11.8. The Morgan fingerprint density at radius 3 is 2.56 bits per heavy atom. The van der Waals surface area contributed by atoms with Crippen LogP contribution in [0, 0.1) is 5.92 Å². The van der Waals surface area contributed by atoms with Crippen LogP contribution in [0.25, 0.3) is 0 Å². The predicted molar refractivity (Wildman–Crippen MR) is 74.0 cm³/mol. The van der Waals surface area contributed by atoms with E-state index in [0.717, 1.165) is 5.71 Å². The monoisotopic (exact) mass is 267 g/mol. The van der Waals surface area contributed by atoms with Crippen molar-refractivity contribution in [2.45, 2.75) is 27.7 Å². The maximum atomic E-state index is 11.8. The topological polar surface area (TPSA) is 70.6 Å². The quantitative estimate of drug-likeness (QED) is 0.650. The number of hydrogen-bond acceptors (Lipinski definition) is 4. The minimum atomic E-state index is -0.323. The van der Waals surface area contributed by atoms with Crippen LogP contribution in [0.2, 0.25) is 0 Å². The summed E-state index contributed by atoms with van der Waals surface area (Å²) < 4.78 is 0. The van der Waals surface area contributed by atoms with Gasteiger partial charge >= 0.3 is 0 Å². The largest absolute Gasteiger partial charge is 0.317 e. The van der Waals surface area contributed by atoms with E-state index in [4.69, 9.17) is 0 Å². The first-order valence-corrected chi connectivity index (χ1v) is 6.49. The van der Waals surface area contributed by atoms with E-state index in [1.54, 1.807) is 39.1 Å². The molecule has 1 aromatic rings. The van der Waals surface area contributed by atoms with Gasteiger partial charge in [-0.2, -0.15) is 5.10 Å². The summed E-state index contributed by atoms with van der Waals surface area (Å²) in [6, 6.07) is 1.66. The molecular weight excluding hydrogens is 250 g/mol. The summed E-state index contributed by atoms with van der Waals surface area (Å²) in [6.45, 7) is 7.17. The van der Waals surface area contributed by atoms with Crippen LogP contribution in [0.3, 0.4) is 0 Å². The third kappa shape index (κ3) is 3.96. The highest BCUT2D eigenvalue weighted by Crippen LogP contribution is 2.23. The third-order valence-corrected chi connectivity index (χ3v) is 2.88. The number of hydrogen-bond donors (Lipinski definition) is 2. The number of carbonyl (C=O) groups excluding carboxylic acids is 2. The van der Waals surface area contributed by atoms with Gasteiger partial charge in [0.2, 0.25) is 5.91 Å². The number of nitrogens with one attached hydrogen (secondary N) is 2. The second-order valence-electron chi connectivity index (χ2n) is 4.31. The van der Waals surface area contributed by atoms with Crippen molar-refractivity contribution in [2.24, 2.45) is 11.0 Å². The van der Waals surface area contributed by atoms with Gasteiger partial charge in [-0.25, -0.2) is 5.43 Å². The molecule has 98 valence electrons. The Kier molecular flexibility index (Phi) is 5.03. The van der Waals surface area contributed by atoms with Crippen LogP contribution in [0.15, 0.2) is 16.5 Å². The van der Waals surface area contributed by atoms with Crippen LogP contribution < -0.4 is 10.7 Å². The van der Waals surface area contributed by atoms with Crippen LogP contribution in [0.5, 0.6) is 0 Å². The molecule has 0 aliphatic heterocycles. The highest BCUT2D eigenvalue weighted by Gasteiger charge is 2.16. The highest BCUT2D eigenvalue weighted by atomic mass is 32.1. The Balaban J connectivity index is 2.79. The minimum Gasteiger partial charge on any atom is -0.317 e. The molecular formula is C12H17N3O2S. The Morgan fingerprint density at radius 1 is 1.33 bits per heavy atom. The Labute approximate surface area is 110 Å². The van der Waals surface area contributed by atoms with Crippen LogP contribution in [0.1, 0.15) is 38.1 Å². The SMILES string of the molecule is CC(C)=NNC(=O)c1ccsc1NC(=O)C(C)C. The van der Waals surface area contributed by atoms with Crippen molar-refractivity contribution in [3.63, 3.8) is 0 Å². The lowest BCUT2D eigenvalue weighted by atomic mass is 10.2. The van der Waals surface area contributed by atoms with Gasteiger partial charge < -0.3 is 5.32 Å². The van der Waals surface area contributed by atoms with Crippen molar-refractivity contribution in [1.29, 1.82) is 0 Å². The highest BCUT2D eigenvalue weighted by molar-refractivity contribution is 7.14. The van der Waals surface area contributed by atoms with Gasteiger partial charge in [0, 0.05) is 11.6 Å². The summed E-state index contributed by atoms with van der Waals surface area (Å²) in [6.07, 6.45) is 0. The minimum absolute atomic E-state index is 0.110. The second-order valence-corrected chi connectivity index (χ2v) is 5.22. The first kappa shape index (κ1) is 14.4. The molecule has 0 spiro atoms. The molecule has 0 aliphatic rings. The number of amides is 2. The zero-order chi connectivity index (χ0) is 13.7. The molecule has 0 fully saturated rings. The summed E-state index contributed by atoms with van der Waals surface area (Å²) in [5, 5.41) is 8.88. The number of nitrogens with zero attached hydrogens (tertiary/aromatic N) is 1. The molecule has 5 nitrogen and oxygen atoms in total. The molecule has 1 aromatic heterocycles. The number of carbonyl (C=O) groups is 2. The number of thiophene rings is 1. The zero-order valence-electron chi connectivity index (χ0n) is 10.9. The van der Waals surface area contributed by atoms with E-state index in [2.05, 4.69) is 15.8 Å². The summed E-state index contributed by atoms with van der Waals surface area (Å²) in [4.78, 5) is 23.4. The van der Waals surface area contributed by atoms with Crippen molar-refractivity contribution >= 4 is 33.9 Å². The summed E-state index contributed by atoms with van der Waals surface area (Å²) in [5.74, 6) is -0.558. The number of rotatable bonds is 4. The van der Waals surface area contributed by atoms with E-state index >= 15 is 0 Å². The Bertz CT molecular complexity index is 473.